The fourth-order valence-electron chi connectivity index (χ4n) is 1.59. The Morgan fingerprint density at radius 3 is 2.65 bits per heavy atom. The molecule has 7 heteroatoms. The zero-order chi connectivity index (χ0) is 14.4. The molecule has 0 atom stereocenters. The van der Waals surface area contributed by atoms with Gasteiger partial charge in [-0.05, 0) is 24.2 Å². The third-order valence-corrected chi connectivity index (χ3v) is 4.01. The molecule has 2 rings (SSSR count). The van der Waals surface area contributed by atoms with Crippen LogP contribution in [0.3, 0.4) is 0 Å². The molecule has 2 N–H and O–H groups in total. The van der Waals surface area contributed by atoms with Gasteiger partial charge in [-0.3, -0.25) is 0 Å². The summed E-state index contributed by atoms with van der Waals surface area (Å²) in [5.41, 5.74) is 1.71. The Morgan fingerprint density at radius 1 is 1.20 bits per heavy atom. The Morgan fingerprint density at radius 2 is 2.05 bits per heavy atom. The summed E-state index contributed by atoms with van der Waals surface area (Å²) < 4.78 is 31.4. The van der Waals surface area contributed by atoms with Crippen molar-refractivity contribution in [3.05, 3.63) is 48.0 Å². The Labute approximate surface area is 118 Å². The van der Waals surface area contributed by atoms with Gasteiger partial charge in [0.15, 0.2) is 5.03 Å². The van der Waals surface area contributed by atoms with E-state index in [-0.39, 0.29) is 11.6 Å². The van der Waals surface area contributed by atoms with Gasteiger partial charge in [0, 0.05) is 24.8 Å². The van der Waals surface area contributed by atoms with Gasteiger partial charge < -0.3 is 9.73 Å². The lowest BCUT2D eigenvalue weighted by Crippen LogP contribution is -2.24. The molecule has 0 spiro atoms. The predicted octanol–water partition coefficient (Wildman–Crippen LogP) is 1.26. The van der Waals surface area contributed by atoms with Crippen molar-refractivity contribution >= 4 is 10.0 Å². The standard InChI is InChI=1S/C13H17N3O3S/c1-2-14-7-11-3-4-13(15-8-11)20(17,18)16-9-12-5-6-19-10-12/h3-6,8,10,14,16H,2,7,9H2,1H3. The van der Waals surface area contributed by atoms with Crippen molar-refractivity contribution < 1.29 is 12.8 Å². The summed E-state index contributed by atoms with van der Waals surface area (Å²) in [7, 11) is -3.60. The van der Waals surface area contributed by atoms with Crippen LogP contribution in [0.4, 0.5) is 0 Å². The van der Waals surface area contributed by atoms with Crippen LogP contribution in [-0.4, -0.2) is 19.9 Å². The second-order valence-electron chi connectivity index (χ2n) is 4.24. The van der Waals surface area contributed by atoms with E-state index in [0.29, 0.717) is 6.54 Å². The van der Waals surface area contributed by atoms with Crippen LogP contribution >= 0.6 is 0 Å². The van der Waals surface area contributed by atoms with Crippen LogP contribution in [0, 0.1) is 0 Å². The van der Waals surface area contributed by atoms with Gasteiger partial charge in [-0.1, -0.05) is 13.0 Å². The summed E-state index contributed by atoms with van der Waals surface area (Å²) in [5.74, 6) is 0. The maximum absolute atomic E-state index is 12.0. The first kappa shape index (κ1) is 14.7. The summed E-state index contributed by atoms with van der Waals surface area (Å²) in [6, 6.07) is 4.96. The van der Waals surface area contributed by atoms with Crippen LogP contribution in [0.1, 0.15) is 18.1 Å². The van der Waals surface area contributed by atoms with Crippen LogP contribution in [-0.2, 0) is 23.1 Å². The smallest absolute Gasteiger partial charge is 0.258 e. The lowest BCUT2D eigenvalue weighted by atomic mass is 10.3. The van der Waals surface area contributed by atoms with Gasteiger partial charge in [0.05, 0.1) is 12.5 Å². The largest absolute Gasteiger partial charge is 0.472 e. The van der Waals surface area contributed by atoms with E-state index >= 15 is 0 Å². The van der Waals surface area contributed by atoms with Gasteiger partial charge >= 0.3 is 0 Å². The summed E-state index contributed by atoms with van der Waals surface area (Å²) in [4.78, 5) is 3.99. The van der Waals surface area contributed by atoms with Crippen LogP contribution in [0.15, 0.2) is 46.4 Å². The second-order valence-corrected chi connectivity index (χ2v) is 5.95. The number of pyridine rings is 1. The molecular weight excluding hydrogens is 278 g/mol. The molecule has 0 fully saturated rings. The molecule has 0 saturated heterocycles. The van der Waals surface area contributed by atoms with E-state index in [1.807, 2.05) is 6.92 Å². The van der Waals surface area contributed by atoms with E-state index in [1.54, 1.807) is 18.3 Å². The molecule has 6 nitrogen and oxygen atoms in total. The number of rotatable bonds is 7. The van der Waals surface area contributed by atoms with Crippen molar-refractivity contribution in [2.24, 2.45) is 0 Å². The molecule has 0 unspecified atom stereocenters. The van der Waals surface area contributed by atoms with Gasteiger partial charge in [-0.2, -0.15) is 0 Å². The maximum atomic E-state index is 12.0. The first-order chi connectivity index (χ1) is 9.62. The molecule has 0 aliphatic rings. The molecule has 0 saturated carbocycles. The molecule has 0 aliphatic carbocycles. The first-order valence-corrected chi connectivity index (χ1v) is 7.76. The lowest BCUT2D eigenvalue weighted by Gasteiger charge is -2.06. The third-order valence-electron chi connectivity index (χ3n) is 2.70. The first-order valence-electron chi connectivity index (χ1n) is 6.28. The zero-order valence-corrected chi connectivity index (χ0v) is 12.0. The van der Waals surface area contributed by atoms with E-state index in [4.69, 9.17) is 4.42 Å². The lowest BCUT2D eigenvalue weighted by molar-refractivity contribution is 0.560. The van der Waals surface area contributed by atoms with Gasteiger partial charge in [-0.15, -0.1) is 0 Å². The van der Waals surface area contributed by atoms with Gasteiger partial charge in [0.1, 0.15) is 0 Å². The summed E-state index contributed by atoms with van der Waals surface area (Å²) >= 11 is 0. The Kier molecular flexibility index (Phi) is 4.89. The van der Waals surface area contributed by atoms with Crippen molar-refractivity contribution in [1.29, 1.82) is 0 Å². The summed E-state index contributed by atoms with van der Waals surface area (Å²) in [5, 5.41) is 3.17. The minimum absolute atomic E-state index is 0.0150. The monoisotopic (exact) mass is 295 g/mol. The molecule has 0 aliphatic heterocycles. The fraction of sp³-hybridized carbons (Fsp3) is 0.308. The topological polar surface area (TPSA) is 84.2 Å². The number of aromatic nitrogens is 1. The number of nitrogens with one attached hydrogen (secondary N) is 2. The number of nitrogens with zero attached hydrogens (tertiary/aromatic N) is 1. The second kappa shape index (κ2) is 6.65. The Hall–Kier alpha value is -1.70. The molecule has 2 aromatic rings. The molecule has 2 aromatic heterocycles. The van der Waals surface area contributed by atoms with Gasteiger partial charge in [-0.25, -0.2) is 18.1 Å². The van der Waals surface area contributed by atoms with Crippen molar-refractivity contribution in [3.63, 3.8) is 0 Å². The zero-order valence-electron chi connectivity index (χ0n) is 11.2. The van der Waals surface area contributed by atoms with Crippen molar-refractivity contribution in [1.82, 2.24) is 15.0 Å². The third kappa shape index (κ3) is 3.89. The van der Waals surface area contributed by atoms with Crippen LogP contribution < -0.4 is 10.0 Å². The predicted molar refractivity (Wildman–Crippen MR) is 74.4 cm³/mol. The number of sulfonamides is 1. The molecule has 20 heavy (non-hydrogen) atoms. The molecule has 0 radical (unpaired) electrons. The van der Waals surface area contributed by atoms with E-state index in [2.05, 4.69) is 15.0 Å². The van der Waals surface area contributed by atoms with Crippen molar-refractivity contribution in [2.45, 2.75) is 25.0 Å². The number of furan rings is 1. The SMILES string of the molecule is CCNCc1ccc(S(=O)(=O)NCc2ccoc2)nc1. The summed E-state index contributed by atoms with van der Waals surface area (Å²) in [6.07, 6.45) is 4.56. The van der Waals surface area contributed by atoms with E-state index < -0.39 is 10.0 Å². The van der Waals surface area contributed by atoms with Gasteiger partial charge in [0.2, 0.25) is 0 Å². The molecule has 0 amide bonds. The van der Waals surface area contributed by atoms with E-state index in [1.165, 1.54) is 18.6 Å². The number of hydrogen-bond donors (Lipinski definition) is 2. The molecule has 2 heterocycles. The van der Waals surface area contributed by atoms with Crippen molar-refractivity contribution in [3.8, 4) is 0 Å². The van der Waals surface area contributed by atoms with Crippen LogP contribution in [0.5, 0.6) is 0 Å². The van der Waals surface area contributed by atoms with Crippen LogP contribution in [0.25, 0.3) is 0 Å². The highest BCUT2D eigenvalue weighted by Crippen LogP contribution is 2.08. The van der Waals surface area contributed by atoms with Gasteiger partial charge in [0.25, 0.3) is 10.0 Å². The van der Waals surface area contributed by atoms with Crippen molar-refractivity contribution in [2.75, 3.05) is 6.54 Å². The molecule has 108 valence electrons. The normalized spacial score (nSPS) is 11.7. The highest BCUT2D eigenvalue weighted by Gasteiger charge is 2.15. The van der Waals surface area contributed by atoms with E-state index in [9.17, 15) is 8.42 Å². The average molecular weight is 295 g/mol. The maximum Gasteiger partial charge on any atom is 0.258 e. The highest BCUT2D eigenvalue weighted by molar-refractivity contribution is 7.89. The Balaban J connectivity index is 2.01. The average Bonchev–Trinajstić information content (AvgIpc) is 2.97. The fourth-order valence-corrected chi connectivity index (χ4v) is 2.53. The number of hydrogen-bond acceptors (Lipinski definition) is 5. The minimum atomic E-state index is -3.60. The quantitative estimate of drug-likeness (QED) is 0.803. The Bertz CT molecular complexity index is 621. The summed E-state index contributed by atoms with van der Waals surface area (Å²) in [6.45, 7) is 3.71. The molecule has 0 bridgehead atoms. The molecule has 0 aromatic carbocycles. The van der Waals surface area contributed by atoms with E-state index in [0.717, 1.165) is 17.7 Å². The van der Waals surface area contributed by atoms with Crippen LogP contribution in [0.2, 0.25) is 0 Å². The highest BCUT2D eigenvalue weighted by atomic mass is 32.2. The molecular formula is C13H17N3O3S. The minimum Gasteiger partial charge on any atom is -0.472 e.